The standard InChI is InChI=1S/C16H18N2O4S/c1-10(16(20)21)8-18(2)15(19)13-9-23-14(17-13)11-4-6-12(22-3)7-5-11/h4-7,9-10H,8H2,1-3H3,(H,20,21). The van der Waals surface area contributed by atoms with Gasteiger partial charge in [-0.05, 0) is 24.3 Å². The van der Waals surface area contributed by atoms with Gasteiger partial charge in [-0.1, -0.05) is 6.92 Å². The maximum absolute atomic E-state index is 12.3. The van der Waals surface area contributed by atoms with Crippen LogP contribution >= 0.6 is 11.3 Å². The molecule has 1 atom stereocenters. The van der Waals surface area contributed by atoms with E-state index in [4.69, 9.17) is 9.84 Å². The van der Waals surface area contributed by atoms with Crippen LogP contribution < -0.4 is 4.74 Å². The number of thiazole rings is 1. The summed E-state index contributed by atoms with van der Waals surface area (Å²) >= 11 is 1.37. The van der Waals surface area contributed by atoms with Gasteiger partial charge in [-0.2, -0.15) is 0 Å². The Labute approximate surface area is 138 Å². The van der Waals surface area contributed by atoms with Gasteiger partial charge in [0, 0.05) is 24.5 Å². The normalized spacial score (nSPS) is 11.8. The highest BCUT2D eigenvalue weighted by atomic mass is 32.1. The first-order valence-corrected chi connectivity index (χ1v) is 7.88. The van der Waals surface area contributed by atoms with E-state index >= 15 is 0 Å². The Kier molecular flexibility index (Phi) is 5.33. The maximum Gasteiger partial charge on any atom is 0.308 e. The Hall–Kier alpha value is -2.41. The van der Waals surface area contributed by atoms with Gasteiger partial charge in [-0.15, -0.1) is 11.3 Å². The van der Waals surface area contributed by atoms with Gasteiger partial charge in [0.2, 0.25) is 0 Å². The molecule has 0 aliphatic rings. The zero-order valence-corrected chi connectivity index (χ0v) is 14.0. The molecule has 0 aliphatic heterocycles. The molecule has 23 heavy (non-hydrogen) atoms. The van der Waals surface area contributed by atoms with Crippen LogP contribution in [0.1, 0.15) is 17.4 Å². The summed E-state index contributed by atoms with van der Waals surface area (Å²) in [4.78, 5) is 28.9. The lowest BCUT2D eigenvalue weighted by Crippen LogP contribution is -2.33. The van der Waals surface area contributed by atoms with Crippen molar-refractivity contribution in [2.24, 2.45) is 5.92 Å². The second-order valence-electron chi connectivity index (χ2n) is 5.19. The summed E-state index contributed by atoms with van der Waals surface area (Å²) in [6.45, 7) is 1.71. The quantitative estimate of drug-likeness (QED) is 0.878. The summed E-state index contributed by atoms with van der Waals surface area (Å²) < 4.78 is 5.11. The number of aromatic nitrogens is 1. The highest BCUT2D eigenvalue weighted by Crippen LogP contribution is 2.26. The minimum Gasteiger partial charge on any atom is -0.497 e. The molecule has 7 heteroatoms. The Morgan fingerprint density at radius 1 is 1.35 bits per heavy atom. The third-order valence-corrected chi connectivity index (χ3v) is 4.27. The minimum absolute atomic E-state index is 0.142. The molecule has 0 spiro atoms. The fraction of sp³-hybridized carbons (Fsp3) is 0.312. The zero-order chi connectivity index (χ0) is 17.0. The van der Waals surface area contributed by atoms with Crippen LogP contribution in [0, 0.1) is 5.92 Å². The van der Waals surface area contributed by atoms with Crippen molar-refractivity contribution in [3.05, 3.63) is 35.3 Å². The van der Waals surface area contributed by atoms with Gasteiger partial charge in [0.15, 0.2) is 0 Å². The van der Waals surface area contributed by atoms with Crippen molar-refractivity contribution in [2.45, 2.75) is 6.92 Å². The number of nitrogens with zero attached hydrogens (tertiary/aromatic N) is 2. The van der Waals surface area contributed by atoms with Gasteiger partial charge in [0.1, 0.15) is 16.5 Å². The van der Waals surface area contributed by atoms with E-state index in [0.717, 1.165) is 16.3 Å². The third-order valence-electron chi connectivity index (χ3n) is 3.38. The molecule has 122 valence electrons. The van der Waals surface area contributed by atoms with Crippen LogP contribution in [-0.4, -0.2) is 47.6 Å². The molecule has 1 N–H and O–H groups in total. The fourth-order valence-corrected chi connectivity index (χ4v) is 2.81. The average molecular weight is 334 g/mol. The van der Waals surface area contributed by atoms with Gasteiger partial charge in [-0.3, -0.25) is 9.59 Å². The van der Waals surface area contributed by atoms with E-state index in [1.807, 2.05) is 24.3 Å². The molecule has 0 saturated heterocycles. The molecule has 0 fully saturated rings. The average Bonchev–Trinajstić information content (AvgIpc) is 3.03. The number of rotatable bonds is 6. The molecule has 1 aromatic heterocycles. The van der Waals surface area contributed by atoms with Crippen molar-refractivity contribution in [1.29, 1.82) is 0 Å². The first kappa shape index (κ1) is 17.0. The van der Waals surface area contributed by atoms with Crippen molar-refractivity contribution < 1.29 is 19.4 Å². The van der Waals surface area contributed by atoms with Gasteiger partial charge < -0.3 is 14.7 Å². The van der Waals surface area contributed by atoms with Gasteiger partial charge >= 0.3 is 5.97 Å². The lowest BCUT2D eigenvalue weighted by atomic mass is 10.2. The number of hydrogen-bond acceptors (Lipinski definition) is 5. The molecular formula is C16H18N2O4S. The van der Waals surface area contributed by atoms with Crippen molar-refractivity contribution in [3.8, 4) is 16.3 Å². The van der Waals surface area contributed by atoms with Gasteiger partial charge in [-0.25, -0.2) is 4.98 Å². The summed E-state index contributed by atoms with van der Waals surface area (Å²) in [6.07, 6.45) is 0. The van der Waals surface area contributed by atoms with Crippen LogP contribution in [0.25, 0.3) is 10.6 Å². The van der Waals surface area contributed by atoms with Crippen LogP contribution in [-0.2, 0) is 4.79 Å². The highest BCUT2D eigenvalue weighted by molar-refractivity contribution is 7.13. The molecule has 2 aromatic rings. The van der Waals surface area contributed by atoms with Gasteiger partial charge in [0.05, 0.1) is 13.0 Å². The molecule has 1 unspecified atom stereocenters. The summed E-state index contributed by atoms with van der Waals surface area (Å²) in [5, 5.41) is 11.3. The Bertz CT molecular complexity index is 696. The molecule has 0 radical (unpaired) electrons. The molecule has 0 bridgehead atoms. The number of aliphatic carboxylic acids is 1. The largest absolute Gasteiger partial charge is 0.497 e. The van der Waals surface area contributed by atoms with E-state index in [0.29, 0.717) is 5.69 Å². The van der Waals surface area contributed by atoms with Crippen LogP contribution in [0.15, 0.2) is 29.6 Å². The topological polar surface area (TPSA) is 79.7 Å². The lowest BCUT2D eigenvalue weighted by Gasteiger charge is -2.18. The summed E-state index contributed by atoms with van der Waals surface area (Å²) in [5.74, 6) is -1.08. The van der Waals surface area contributed by atoms with Crippen LogP contribution in [0.5, 0.6) is 5.75 Å². The van der Waals surface area contributed by atoms with Crippen molar-refractivity contribution in [1.82, 2.24) is 9.88 Å². The lowest BCUT2D eigenvalue weighted by molar-refractivity contribution is -0.141. The van der Waals surface area contributed by atoms with Crippen molar-refractivity contribution in [2.75, 3.05) is 20.7 Å². The highest BCUT2D eigenvalue weighted by Gasteiger charge is 2.20. The maximum atomic E-state index is 12.3. The number of carbonyl (C=O) groups excluding carboxylic acids is 1. The summed E-state index contributed by atoms with van der Waals surface area (Å²) in [7, 11) is 3.18. The molecule has 2 rings (SSSR count). The third kappa shape index (κ3) is 4.07. The number of methoxy groups -OCH3 is 1. The van der Waals surface area contributed by atoms with E-state index in [-0.39, 0.29) is 12.5 Å². The predicted octanol–water partition coefficient (Wildman–Crippen LogP) is 2.61. The predicted molar refractivity (Wildman–Crippen MR) is 87.9 cm³/mol. The summed E-state index contributed by atoms with van der Waals surface area (Å²) in [5.41, 5.74) is 1.22. The first-order valence-electron chi connectivity index (χ1n) is 7.00. The van der Waals surface area contributed by atoms with E-state index in [1.54, 1.807) is 26.5 Å². The van der Waals surface area contributed by atoms with Crippen LogP contribution in [0.4, 0.5) is 0 Å². The number of ether oxygens (including phenoxy) is 1. The van der Waals surface area contributed by atoms with E-state index in [2.05, 4.69) is 4.98 Å². The molecule has 6 nitrogen and oxygen atoms in total. The minimum atomic E-state index is -0.929. The van der Waals surface area contributed by atoms with Crippen LogP contribution in [0.3, 0.4) is 0 Å². The number of benzene rings is 1. The Morgan fingerprint density at radius 2 is 2.00 bits per heavy atom. The fourth-order valence-electron chi connectivity index (χ4n) is 2.01. The number of hydrogen-bond donors (Lipinski definition) is 1. The Morgan fingerprint density at radius 3 is 2.57 bits per heavy atom. The smallest absolute Gasteiger partial charge is 0.308 e. The number of carboxylic acids is 1. The number of amides is 1. The molecule has 0 aliphatic carbocycles. The molecule has 1 amide bonds. The van der Waals surface area contributed by atoms with E-state index < -0.39 is 11.9 Å². The molecule has 0 saturated carbocycles. The number of carbonyl (C=O) groups is 2. The van der Waals surface area contributed by atoms with Crippen molar-refractivity contribution >= 4 is 23.2 Å². The van der Waals surface area contributed by atoms with E-state index in [9.17, 15) is 9.59 Å². The SMILES string of the molecule is COc1ccc(-c2nc(C(=O)N(C)CC(C)C(=O)O)cs2)cc1. The van der Waals surface area contributed by atoms with Crippen LogP contribution in [0.2, 0.25) is 0 Å². The molecule has 1 aromatic carbocycles. The zero-order valence-electron chi connectivity index (χ0n) is 13.1. The number of carboxylic acid groups (broad SMARTS) is 1. The van der Waals surface area contributed by atoms with Gasteiger partial charge in [0.25, 0.3) is 5.91 Å². The second-order valence-corrected chi connectivity index (χ2v) is 6.05. The van der Waals surface area contributed by atoms with Crippen molar-refractivity contribution in [3.63, 3.8) is 0 Å². The second kappa shape index (κ2) is 7.23. The first-order chi connectivity index (χ1) is 10.9. The summed E-state index contributed by atoms with van der Waals surface area (Å²) in [6, 6.07) is 7.42. The monoisotopic (exact) mass is 334 g/mol. The Balaban J connectivity index is 2.11. The van der Waals surface area contributed by atoms with E-state index in [1.165, 1.54) is 16.2 Å². The molecule has 1 heterocycles. The molecular weight excluding hydrogens is 316 g/mol.